The predicted molar refractivity (Wildman–Crippen MR) is 82.0 cm³/mol. The monoisotopic (exact) mass is 275 g/mol. The molecule has 110 valence electrons. The molecule has 2 unspecified atom stereocenters. The van der Waals surface area contributed by atoms with Crippen LogP contribution < -0.4 is 10.6 Å². The van der Waals surface area contributed by atoms with Gasteiger partial charge >= 0.3 is 0 Å². The van der Waals surface area contributed by atoms with Crippen molar-refractivity contribution in [2.75, 3.05) is 12.4 Å². The Kier molecular flexibility index (Phi) is 4.99. The van der Waals surface area contributed by atoms with Gasteiger partial charge in [0.15, 0.2) is 0 Å². The molecule has 1 fully saturated rings. The van der Waals surface area contributed by atoms with Crippen molar-refractivity contribution >= 4 is 11.7 Å². The summed E-state index contributed by atoms with van der Waals surface area (Å²) in [5.74, 6) is 1.38. The maximum absolute atomic E-state index is 12.4. The topological polar surface area (TPSA) is 54.0 Å². The molecule has 2 rings (SSSR count). The van der Waals surface area contributed by atoms with Gasteiger partial charge in [-0.2, -0.15) is 0 Å². The second-order valence-corrected chi connectivity index (χ2v) is 5.72. The number of pyridine rings is 1. The molecule has 2 N–H and O–H groups in total. The number of rotatable bonds is 5. The molecule has 1 aliphatic carbocycles. The van der Waals surface area contributed by atoms with Crippen LogP contribution in [0.1, 0.15) is 55.6 Å². The Bertz CT molecular complexity index is 473. The minimum Gasteiger partial charge on any atom is -0.373 e. The van der Waals surface area contributed by atoms with Gasteiger partial charge in [-0.3, -0.25) is 4.79 Å². The Hall–Kier alpha value is -1.58. The standard InChI is InChI=1S/C16H25N3O/c1-4-6-13-9-12(10-15(17-3)18-13)16(20)19-14-8-5-7-11(14)2/h9-11,14H,4-8H2,1-3H3,(H,17,18)(H,19,20). The highest BCUT2D eigenvalue weighted by atomic mass is 16.1. The van der Waals surface area contributed by atoms with E-state index in [-0.39, 0.29) is 5.91 Å². The number of aryl methyl sites for hydroxylation is 1. The van der Waals surface area contributed by atoms with E-state index in [1.165, 1.54) is 12.8 Å². The van der Waals surface area contributed by atoms with Crippen LogP contribution in [0.2, 0.25) is 0 Å². The lowest BCUT2D eigenvalue weighted by atomic mass is 10.1. The molecule has 1 amide bonds. The van der Waals surface area contributed by atoms with E-state index in [2.05, 4.69) is 29.5 Å². The minimum absolute atomic E-state index is 0.0278. The third-order valence-corrected chi connectivity index (χ3v) is 4.08. The van der Waals surface area contributed by atoms with E-state index in [4.69, 9.17) is 0 Å². The van der Waals surface area contributed by atoms with Gasteiger partial charge in [-0.1, -0.05) is 26.7 Å². The molecule has 1 aromatic rings. The SMILES string of the molecule is CCCc1cc(C(=O)NC2CCCC2C)cc(NC)n1. The summed E-state index contributed by atoms with van der Waals surface area (Å²) < 4.78 is 0. The number of carbonyl (C=O) groups excluding carboxylic acids is 1. The molecule has 1 saturated carbocycles. The molecule has 1 aliphatic rings. The van der Waals surface area contributed by atoms with Crippen molar-refractivity contribution in [1.82, 2.24) is 10.3 Å². The molecule has 0 bridgehead atoms. The Morgan fingerprint density at radius 2 is 2.20 bits per heavy atom. The van der Waals surface area contributed by atoms with E-state index in [1.807, 2.05) is 19.2 Å². The van der Waals surface area contributed by atoms with Gasteiger partial charge in [-0.15, -0.1) is 0 Å². The summed E-state index contributed by atoms with van der Waals surface area (Å²) in [6.07, 6.45) is 5.45. The lowest BCUT2D eigenvalue weighted by Gasteiger charge is -2.17. The molecule has 4 heteroatoms. The summed E-state index contributed by atoms with van der Waals surface area (Å²) in [5, 5.41) is 6.20. The van der Waals surface area contributed by atoms with E-state index >= 15 is 0 Å². The first-order chi connectivity index (χ1) is 9.63. The molecule has 4 nitrogen and oxygen atoms in total. The van der Waals surface area contributed by atoms with Crippen molar-refractivity contribution in [2.24, 2.45) is 5.92 Å². The average Bonchev–Trinajstić information content (AvgIpc) is 2.84. The third-order valence-electron chi connectivity index (χ3n) is 4.08. The second-order valence-electron chi connectivity index (χ2n) is 5.72. The summed E-state index contributed by atoms with van der Waals surface area (Å²) in [6.45, 7) is 4.33. The fourth-order valence-electron chi connectivity index (χ4n) is 2.84. The first-order valence-electron chi connectivity index (χ1n) is 7.63. The number of hydrogen-bond donors (Lipinski definition) is 2. The highest BCUT2D eigenvalue weighted by molar-refractivity contribution is 5.95. The van der Waals surface area contributed by atoms with Crippen LogP contribution in [0.25, 0.3) is 0 Å². The normalized spacial score (nSPS) is 21.8. The van der Waals surface area contributed by atoms with Crippen LogP contribution in [0.3, 0.4) is 0 Å². The molecule has 1 heterocycles. The molecule has 1 aromatic heterocycles. The first kappa shape index (κ1) is 14.8. The fraction of sp³-hybridized carbons (Fsp3) is 0.625. The minimum atomic E-state index is 0.0278. The van der Waals surface area contributed by atoms with Gasteiger partial charge in [0.25, 0.3) is 5.91 Å². The van der Waals surface area contributed by atoms with Gasteiger partial charge in [-0.25, -0.2) is 4.98 Å². The predicted octanol–water partition coefficient (Wildman–Crippen LogP) is 2.99. The van der Waals surface area contributed by atoms with E-state index in [9.17, 15) is 4.79 Å². The highest BCUT2D eigenvalue weighted by Gasteiger charge is 2.25. The maximum Gasteiger partial charge on any atom is 0.251 e. The zero-order chi connectivity index (χ0) is 14.5. The van der Waals surface area contributed by atoms with Crippen LogP contribution in [0.4, 0.5) is 5.82 Å². The summed E-state index contributed by atoms with van der Waals surface area (Å²) in [5.41, 5.74) is 1.69. The first-order valence-corrected chi connectivity index (χ1v) is 7.63. The lowest BCUT2D eigenvalue weighted by molar-refractivity contribution is 0.0929. The summed E-state index contributed by atoms with van der Waals surface area (Å²) in [7, 11) is 1.83. The Morgan fingerprint density at radius 3 is 2.80 bits per heavy atom. The van der Waals surface area contributed by atoms with Crippen molar-refractivity contribution in [1.29, 1.82) is 0 Å². The quantitative estimate of drug-likeness (QED) is 0.868. The van der Waals surface area contributed by atoms with Gasteiger partial charge in [0.1, 0.15) is 5.82 Å². The van der Waals surface area contributed by atoms with Gasteiger partial charge in [0.2, 0.25) is 0 Å². The summed E-state index contributed by atoms with van der Waals surface area (Å²) in [6, 6.07) is 4.07. The van der Waals surface area contributed by atoms with E-state index in [0.29, 0.717) is 17.5 Å². The van der Waals surface area contributed by atoms with Crippen LogP contribution in [0, 0.1) is 5.92 Å². The number of hydrogen-bond acceptors (Lipinski definition) is 3. The molecule has 0 aliphatic heterocycles. The zero-order valence-corrected chi connectivity index (χ0v) is 12.7. The highest BCUT2D eigenvalue weighted by Crippen LogP contribution is 2.25. The molecular weight excluding hydrogens is 250 g/mol. The van der Waals surface area contributed by atoms with E-state index < -0.39 is 0 Å². The lowest BCUT2D eigenvalue weighted by Crippen LogP contribution is -2.36. The van der Waals surface area contributed by atoms with Crippen LogP contribution >= 0.6 is 0 Å². The summed E-state index contributed by atoms with van der Waals surface area (Å²) >= 11 is 0. The Balaban J connectivity index is 2.13. The van der Waals surface area contributed by atoms with Crippen molar-refractivity contribution in [3.8, 4) is 0 Å². The van der Waals surface area contributed by atoms with E-state index in [0.717, 1.165) is 30.8 Å². The smallest absolute Gasteiger partial charge is 0.251 e. The average molecular weight is 275 g/mol. The number of carbonyl (C=O) groups is 1. The van der Waals surface area contributed by atoms with E-state index in [1.54, 1.807) is 0 Å². The van der Waals surface area contributed by atoms with Crippen molar-refractivity contribution < 1.29 is 4.79 Å². The van der Waals surface area contributed by atoms with Gasteiger partial charge < -0.3 is 10.6 Å². The summed E-state index contributed by atoms with van der Waals surface area (Å²) in [4.78, 5) is 16.9. The van der Waals surface area contributed by atoms with Crippen LogP contribution in [-0.4, -0.2) is 24.0 Å². The van der Waals surface area contributed by atoms with Crippen molar-refractivity contribution in [2.45, 2.75) is 52.0 Å². The molecule has 2 atom stereocenters. The Morgan fingerprint density at radius 1 is 1.40 bits per heavy atom. The largest absolute Gasteiger partial charge is 0.373 e. The molecule has 0 aromatic carbocycles. The van der Waals surface area contributed by atoms with Crippen LogP contribution in [0.5, 0.6) is 0 Å². The number of nitrogens with zero attached hydrogens (tertiary/aromatic N) is 1. The molecule has 0 spiro atoms. The fourth-order valence-corrected chi connectivity index (χ4v) is 2.84. The number of amides is 1. The number of nitrogens with one attached hydrogen (secondary N) is 2. The number of aromatic nitrogens is 1. The van der Waals surface area contributed by atoms with Crippen LogP contribution in [0.15, 0.2) is 12.1 Å². The molecule has 20 heavy (non-hydrogen) atoms. The van der Waals surface area contributed by atoms with Gasteiger partial charge in [-0.05, 0) is 37.3 Å². The number of anilines is 1. The molecular formula is C16H25N3O. The van der Waals surface area contributed by atoms with Crippen LogP contribution in [-0.2, 0) is 6.42 Å². The molecule has 0 saturated heterocycles. The van der Waals surface area contributed by atoms with Gasteiger partial charge in [0.05, 0.1) is 0 Å². The maximum atomic E-state index is 12.4. The Labute approximate surface area is 121 Å². The van der Waals surface area contributed by atoms with Crippen molar-refractivity contribution in [3.63, 3.8) is 0 Å². The zero-order valence-electron chi connectivity index (χ0n) is 12.7. The van der Waals surface area contributed by atoms with Gasteiger partial charge in [0, 0.05) is 24.3 Å². The molecule has 0 radical (unpaired) electrons. The third kappa shape index (κ3) is 3.50. The van der Waals surface area contributed by atoms with Crippen molar-refractivity contribution in [3.05, 3.63) is 23.4 Å². The second kappa shape index (κ2) is 6.73.